The van der Waals surface area contributed by atoms with Crippen LogP contribution < -0.4 is 9.47 Å². The third-order valence-electron chi connectivity index (χ3n) is 2.28. The Bertz CT molecular complexity index is 360. The summed E-state index contributed by atoms with van der Waals surface area (Å²) in [5.74, 6) is -0.269. The van der Waals surface area contributed by atoms with Crippen molar-refractivity contribution in [1.29, 1.82) is 0 Å². The Kier molecular flexibility index (Phi) is 3.55. The molecule has 1 atom stereocenters. The topological polar surface area (TPSA) is 55.8 Å². The van der Waals surface area contributed by atoms with Gasteiger partial charge in [0.25, 0.3) is 0 Å². The fraction of sp³-hybridized carbons (Fsp3) is 0.364. The second-order valence-electron chi connectivity index (χ2n) is 3.17. The van der Waals surface area contributed by atoms with E-state index in [1.54, 1.807) is 25.1 Å². The minimum atomic E-state index is -0.859. The van der Waals surface area contributed by atoms with Crippen LogP contribution in [0.5, 0.6) is 11.5 Å². The fourth-order valence-electron chi connectivity index (χ4n) is 1.26. The number of rotatable bonds is 4. The fourth-order valence-corrected chi connectivity index (χ4v) is 1.26. The van der Waals surface area contributed by atoms with Crippen molar-refractivity contribution >= 4 is 5.97 Å². The van der Waals surface area contributed by atoms with Gasteiger partial charge in [0.2, 0.25) is 0 Å². The zero-order valence-electron chi connectivity index (χ0n) is 8.98. The molecule has 0 aliphatic heterocycles. The number of carboxylic acids is 1. The summed E-state index contributed by atoms with van der Waals surface area (Å²) >= 11 is 0. The number of carboxylic acid groups (broad SMARTS) is 1. The first-order valence-electron chi connectivity index (χ1n) is 4.55. The van der Waals surface area contributed by atoms with E-state index >= 15 is 0 Å². The molecule has 1 N–H and O–H groups in total. The first kappa shape index (κ1) is 11.4. The van der Waals surface area contributed by atoms with Crippen LogP contribution in [0.3, 0.4) is 0 Å². The van der Waals surface area contributed by atoms with Crippen molar-refractivity contribution in [1.82, 2.24) is 0 Å². The van der Waals surface area contributed by atoms with Crippen LogP contribution in [-0.4, -0.2) is 25.3 Å². The highest BCUT2D eigenvalue weighted by atomic mass is 16.5. The molecule has 1 aromatic carbocycles. The molecule has 0 aliphatic rings. The van der Waals surface area contributed by atoms with Gasteiger partial charge in [-0.1, -0.05) is 6.07 Å². The highest BCUT2D eigenvalue weighted by molar-refractivity contribution is 5.75. The predicted molar refractivity (Wildman–Crippen MR) is 55.6 cm³/mol. The number of hydrogen-bond donors (Lipinski definition) is 1. The number of carbonyl (C=O) groups is 1. The molecule has 0 saturated heterocycles. The average molecular weight is 210 g/mol. The highest BCUT2D eigenvalue weighted by Gasteiger charge is 2.15. The molecule has 82 valence electrons. The smallest absolute Gasteiger partial charge is 0.310 e. The highest BCUT2D eigenvalue weighted by Crippen LogP contribution is 2.30. The number of hydrogen-bond acceptors (Lipinski definition) is 3. The molecule has 0 aliphatic carbocycles. The lowest BCUT2D eigenvalue weighted by atomic mass is 10.0. The van der Waals surface area contributed by atoms with Crippen LogP contribution in [0.4, 0.5) is 0 Å². The summed E-state index contributed by atoms with van der Waals surface area (Å²) in [5.41, 5.74) is 0.695. The van der Waals surface area contributed by atoms with Gasteiger partial charge < -0.3 is 14.6 Å². The number of benzene rings is 1. The van der Waals surface area contributed by atoms with Gasteiger partial charge in [-0.3, -0.25) is 4.79 Å². The van der Waals surface area contributed by atoms with Gasteiger partial charge in [0.05, 0.1) is 20.1 Å². The van der Waals surface area contributed by atoms with Crippen LogP contribution in [0.2, 0.25) is 0 Å². The van der Waals surface area contributed by atoms with E-state index in [9.17, 15) is 4.79 Å². The van der Waals surface area contributed by atoms with E-state index in [4.69, 9.17) is 14.6 Å². The van der Waals surface area contributed by atoms with E-state index in [-0.39, 0.29) is 0 Å². The Morgan fingerprint density at radius 1 is 1.27 bits per heavy atom. The molecule has 0 saturated carbocycles. The van der Waals surface area contributed by atoms with Crippen LogP contribution in [0.1, 0.15) is 18.4 Å². The summed E-state index contributed by atoms with van der Waals surface area (Å²) < 4.78 is 10.1. The monoisotopic (exact) mass is 210 g/mol. The van der Waals surface area contributed by atoms with E-state index in [1.807, 2.05) is 0 Å². The van der Waals surface area contributed by atoms with Gasteiger partial charge in [-0.25, -0.2) is 0 Å². The molecule has 0 spiro atoms. The molecule has 0 unspecified atom stereocenters. The van der Waals surface area contributed by atoms with E-state index in [2.05, 4.69) is 0 Å². The van der Waals surface area contributed by atoms with E-state index < -0.39 is 11.9 Å². The Hall–Kier alpha value is -1.71. The third-order valence-corrected chi connectivity index (χ3v) is 2.28. The quantitative estimate of drug-likeness (QED) is 0.824. The molecular weight excluding hydrogens is 196 g/mol. The first-order chi connectivity index (χ1) is 7.10. The van der Waals surface area contributed by atoms with E-state index in [0.29, 0.717) is 17.1 Å². The number of ether oxygens (including phenoxy) is 2. The second kappa shape index (κ2) is 4.68. The van der Waals surface area contributed by atoms with Crippen molar-refractivity contribution in [3.05, 3.63) is 23.8 Å². The van der Waals surface area contributed by atoms with Gasteiger partial charge in [-0.05, 0) is 24.6 Å². The van der Waals surface area contributed by atoms with Crippen molar-refractivity contribution in [2.75, 3.05) is 14.2 Å². The minimum absolute atomic E-state index is 0.545. The molecule has 1 rings (SSSR count). The van der Waals surface area contributed by atoms with Crippen molar-refractivity contribution in [2.24, 2.45) is 0 Å². The Labute approximate surface area is 88.4 Å². The Balaban J connectivity index is 3.07. The maximum absolute atomic E-state index is 10.8. The molecule has 4 nitrogen and oxygen atoms in total. The normalized spacial score (nSPS) is 11.9. The SMILES string of the molecule is COc1ccc([C@@H](C)C(=O)O)cc1OC. The zero-order valence-corrected chi connectivity index (χ0v) is 8.98. The molecule has 1 aromatic rings. The summed E-state index contributed by atoms with van der Waals surface area (Å²) in [4.78, 5) is 10.8. The zero-order chi connectivity index (χ0) is 11.4. The molecule has 15 heavy (non-hydrogen) atoms. The van der Waals surface area contributed by atoms with Crippen molar-refractivity contribution in [2.45, 2.75) is 12.8 Å². The van der Waals surface area contributed by atoms with Gasteiger partial charge in [-0.2, -0.15) is 0 Å². The van der Waals surface area contributed by atoms with Crippen LogP contribution in [0.25, 0.3) is 0 Å². The second-order valence-corrected chi connectivity index (χ2v) is 3.17. The maximum Gasteiger partial charge on any atom is 0.310 e. The summed E-state index contributed by atoms with van der Waals surface area (Å²) in [6.45, 7) is 1.63. The lowest BCUT2D eigenvalue weighted by Crippen LogP contribution is -2.07. The van der Waals surface area contributed by atoms with Gasteiger partial charge in [0.1, 0.15) is 0 Å². The first-order valence-corrected chi connectivity index (χ1v) is 4.55. The molecule has 0 radical (unpaired) electrons. The lowest BCUT2D eigenvalue weighted by Gasteiger charge is -2.11. The van der Waals surface area contributed by atoms with Gasteiger partial charge in [0.15, 0.2) is 11.5 Å². The molecule has 0 aromatic heterocycles. The number of aliphatic carboxylic acids is 1. The van der Waals surface area contributed by atoms with Crippen LogP contribution in [-0.2, 0) is 4.79 Å². The largest absolute Gasteiger partial charge is 0.493 e. The van der Waals surface area contributed by atoms with Gasteiger partial charge >= 0.3 is 5.97 Å². The van der Waals surface area contributed by atoms with E-state index in [1.165, 1.54) is 14.2 Å². The minimum Gasteiger partial charge on any atom is -0.493 e. The lowest BCUT2D eigenvalue weighted by molar-refractivity contribution is -0.138. The molecule has 0 fully saturated rings. The third kappa shape index (κ3) is 2.40. The molecule has 0 heterocycles. The van der Waals surface area contributed by atoms with Crippen molar-refractivity contribution in [3.8, 4) is 11.5 Å². The number of methoxy groups -OCH3 is 2. The molecule has 0 amide bonds. The molecular formula is C11H14O4. The Morgan fingerprint density at radius 3 is 2.33 bits per heavy atom. The summed E-state index contributed by atoms with van der Waals surface area (Å²) in [6, 6.07) is 5.10. The molecule has 0 bridgehead atoms. The Morgan fingerprint density at radius 2 is 1.87 bits per heavy atom. The van der Waals surface area contributed by atoms with Crippen molar-refractivity contribution < 1.29 is 19.4 Å². The summed E-state index contributed by atoms with van der Waals surface area (Å²) in [6.07, 6.45) is 0. The van der Waals surface area contributed by atoms with Gasteiger partial charge in [-0.15, -0.1) is 0 Å². The van der Waals surface area contributed by atoms with Gasteiger partial charge in [0, 0.05) is 0 Å². The van der Waals surface area contributed by atoms with Crippen molar-refractivity contribution in [3.63, 3.8) is 0 Å². The van der Waals surface area contributed by atoms with Crippen LogP contribution in [0.15, 0.2) is 18.2 Å². The summed E-state index contributed by atoms with van der Waals surface area (Å²) in [7, 11) is 3.06. The summed E-state index contributed by atoms with van der Waals surface area (Å²) in [5, 5.41) is 8.85. The van der Waals surface area contributed by atoms with Crippen LogP contribution >= 0.6 is 0 Å². The average Bonchev–Trinajstić information content (AvgIpc) is 2.26. The predicted octanol–water partition coefficient (Wildman–Crippen LogP) is 1.89. The standard InChI is InChI=1S/C11H14O4/c1-7(11(12)13)8-4-5-9(14-2)10(6-8)15-3/h4-7H,1-3H3,(H,12,13)/t7-/m1/s1. The molecule has 4 heteroatoms. The maximum atomic E-state index is 10.8. The van der Waals surface area contributed by atoms with Crippen LogP contribution in [0, 0.1) is 0 Å². The van der Waals surface area contributed by atoms with E-state index in [0.717, 1.165) is 0 Å².